The standard InChI is InChI=1S/C16H9BrClFN2O2/c17-10-3-1-9(2-4-10)14-8-15(16(22)23)21(20-14)11-5-6-13(19)12(18)7-11/h1-8H,(H,22,23). The highest BCUT2D eigenvalue weighted by Crippen LogP contribution is 2.25. The molecule has 0 aliphatic heterocycles. The summed E-state index contributed by atoms with van der Waals surface area (Å²) in [6, 6.07) is 12.7. The molecular weight excluding hydrogens is 387 g/mol. The second-order valence-corrected chi connectivity index (χ2v) is 6.06. The average Bonchev–Trinajstić information content (AvgIpc) is 2.96. The van der Waals surface area contributed by atoms with Gasteiger partial charge in [0.25, 0.3) is 0 Å². The first-order valence-corrected chi connectivity index (χ1v) is 7.67. The highest BCUT2D eigenvalue weighted by molar-refractivity contribution is 9.10. The Bertz CT molecular complexity index is 894. The Hall–Kier alpha value is -2.18. The molecule has 0 amide bonds. The molecule has 0 bridgehead atoms. The molecule has 2 aromatic carbocycles. The van der Waals surface area contributed by atoms with Crippen LogP contribution >= 0.6 is 27.5 Å². The van der Waals surface area contributed by atoms with E-state index in [0.717, 1.165) is 10.0 Å². The van der Waals surface area contributed by atoms with E-state index in [4.69, 9.17) is 11.6 Å². The van der Waals surface area contributed by atoms with E-state index in [9.17, 15) is 14.3 Å². The van der Waals surface area contributed by atoms with Gasteiger partial charge in [-0.05, 0) is 36.4 Å². The molecule has 4 nitrogen and oxygen atoms in total. The predicted molar refractivity (Wildman–Crippen MR) is 88.6 cm³/mol. The van der Waals surface area contributed by atoms with Gasteiger partial charge in [0.15, 0.2) is 5.69 Å². The van der Waals surface area contributed by atoms with Gasteiger partial charge in [0.1, 0.15) is 5.82 Å². The van der Waals surface area contributed by atoms with Crippen LogP contribution in [0.15, 0.2) is 53.0 Å². The van der Waals surface area contributed by atoms with Crippen LogP contribution in [0.1, 0.15) is 10.5 Å². The second kappa shape index (κ2) is 6.14. The Labute approximate surface area is 144 Å². The van der Waals surface area contributed by atoms with Crippen molar-refractivity contribution < 1.29 is 14.3 Å². The lowest BCUT2D eigenvalue weighted by atomic mass is 10.1. The molecule has 0 radical (unpaired) electrons. The molecule has 7 heteroatoms. The van der Waals surface area contributed by atoms with E-state index in [1.807, 2.05) is 24.3 Å². The maximum absolute atomic E-state index is 13.3. The van der Waals surface area contributed by atoms with E-state index in [-0.39, 0.29) is 10.7 Å². The minimum absolute atomic E-state index is 0.0365. The van der Waals surface area contributed by atoms with E-state index in [2.05, 4.69) is 21.0 Å². The zero-order valence-electron chi connectivity index (χ0n) is 11.5. The predicted octanol–water partition coefficient (Wildman–Crippen LogP) is 4.79. The quantitative estimate of drug-likeness (QED) is 0.693. The third-order valence-corrected chi connectivity index (χ3v) is 4.03. The van der Waals surface area contributed by atoms with Crippen molar-refractivity contribution >= 4 is 33.5 Å². The summed E-state index contributed by atoms with van der Waals surface area (Å²) in [4.78, 5) is 11.5. The van der Waals surface area contributed by atoms with Gasteiger partial charge in [-0.2, -0.15) is 5.10 Å². The van der Waals surface area contributed by atoms with Crippen molar-refractivity contribution in [1.29, 1.82) is 0 Å². The van der Waals surface area contributed by atoms with E-state index in [1.54, 1.807) is 0 Å². The van der Waals surface area contributed by atoms with E-state index >= 15 is 0 Å². The second-order valence-electron chi connectivity index (χ2n) is 4.74. The molecule has 0 aliphatic carbocycles. The molecule has 0 saturated carbocycles. The molecule has 0 saturated heterocycles. The van der Waals surface area contributed by atoms with Crippen molar-refractivity contribution in [2.75, 3.05) is 0 Å². The lowest BCUT2D eigenvalue weighted by molar-refractivity contribution is 0.0687. The minimum atomic E-state index is -1.14. The zero-order valence-corrected chi connectivity index (χ0v) is 13.8. The number of aromatic carboxylic acids is 1. The van der Waals surface area contributed by atoms with Crippen LogP contribution in [0, 0.1) is 5.82 Å². The summed E-state index contributed by atoms with van der Waals surface area (Å²) in [5.74, 6) is -1.71. The lowest BCUT2D eigenvalue weighted by Crippen LogP contribution is -2.08. The smallest absolute Gasteiger partial charge is 0.354 e. The number of benzene rings is 2. The van der Waals surface area contributed by atoms with Gasteiger partial charge in [-0.25, -0.2) is 13.9 Å². The molecule has 1 N–H and O–H groups in total. The molecule has 3 aromatic rings. The van der Waals surface area contributed by atoms with Gasteiger partial charge >= 0.3 is 5.97 Å². The van der Waals surface area contributed by atoms with E-state index in [1.165, 1.54) is 28.9 Å². The molecule has 3 rings (SSSR count). The molecule has 0 aliphatic rings. The molecule has 0 fully saturated rings. The molecule has 116 valence electrons. The van der Waals surface area contributed by atoms with Crippen LogP contribution in [0.25, 0.3) is 16.9 Å². The van der Waals surface area contributed by atoms with Crippen molar-refractivity contribution in [1.82, 2.24) is 9.78 Å². The number of halogens is 3. The number of hydrogen-bond donors (Lipinski definition) is 1. The summed E-state index contributed by atoms with van der Waals surface area (Å²) in [5, 5.41) is 13.6. The third-order valence-electron chi connectivity index (χ3n) is 3.22. The Kier molecular flexibility index (Phi) is 4.19. The minimum Gasteiger partial charge on any atom is -0.477 e. The summed E-state index contributed by atoms with van der Waals surface area (Å²) in [6.07, 6.45) is 0. The first kappa shape index (κ1) is 15.7. The van der Waals surface area contributed by atoms with Crippen molar-refractivity contribution in [2.24, 2.45) is 0 Å². The summed E-state index contributed by atoms with van der Waals surface area (Å²) in [5.41, 5.74) is 1.60. The first-order chi connectivity index (χ1) is 11.0. The largest absolute Gasteiger partial charge is 0.477 e. The number of carbonyl (C=O) groups is 1. The number of carboxylic acids is 1. The third kappa shape index (κ3) is 3.13. The van der Waals surface area contributed by atoms with Crippen LogP contribution in [0.3, 0.4) is 0 Å². The molecule has 0 unspecified atom stereocenters. The van der Waals surface area contributed by atoms with Crippen molar-refractivity contribution in [3.05, 3.63) is 69.5 Å². The van der Waals surface area contributed by atoms with Crippen LogP contribution in [0.5, 0.6) is 0 Å². The van der Waals surface area contributed by atoms with Gasteiger partial charge in [0.05, 0.1) is 16.4 Å². The van der Waals surface area contributed by atoms with Crippen LogP contribution in [-0.4, -0.2) is 20.9 Å². The zero-order chi connectivity index (χ0) is 16.6. The number of carboxylic acid groups (broad SMARTS) is 1. The fourth-order valence-corrected chi connectivity index (χ4v) is 2.55. The molecule has 1 aromatic heterocycles. The SMILES string of the molecule is O=C(O)c1cc(-c2ccc(Br)cc2)nn1-c1ccc(F)c(Cl)c1. The highest BCUT2D eigenvalue weighted by Gasteiger charge is 2.17. The van der Waals surface area contributed by atoms with Gasteiger partial charge in [-0.1, -0.05) is 39.7 Å². The number of nitrogens with zero attached hydrogens (tertiary/aromatic N) is 2. The van der Waals surface area contributed by atoms with Gasteiger partial charge < -0.3 is 5.11 Å². The van der Waals surface area contributed by atoms with Gasteiger partial charge in [-0.15, -0.1) is 0 Å². The molecule has 1 heterocycles. The van der Waals surface area contributed by atoms with Crippen molar-refractivity contribution in [3.63, 3.8) is 0 Å². The monoisotopic (exact) mass is 394 g/mol. The molecule has 0 atom stereocenters. The number of aromatic nitrogens is 2. The Balaban J connectivity index is 2.14. The lowest BCUT2D eigenvalue weighted by Gasteiger charge is -2.05. The Morgan fingerprint density at radius 1 is 1.17 bits per heavy atom. The number of rotatable bonds is 3. The van der Waals surface area contributed by atoms with Crippen LogP contribution in [-0.2, 0) is 0 Å². The van der Waals surface area contributed by atoms with Gasteiger partial charge in [0.2, 0.25) is 0 Å². The van der Waals surface area contributed by atoms with E-state index in [0.29, 0.717) is 11.4 Å². The Morgan fingerprint density at radius 3 is 2.48 bits per heavy atom. The maximum Gasteiger partial charge on any atom is 0.354 e. The number of hydrogen-bond acceptors (Lipinski definition) is 2. The first-order valence-electron chi connectivity index (χ1n) is 6.50. The van der Waals surface area contributed by atoms with E-state index < -0.39 is 11.8 Å². The van der Waals surface area contributed by atoms with Gasteiger partial charge in [0, 0.05) is 10.0 Å². The fourth-order valence-electron chi connectivity index (χ4n) is 2.11. The average molecular weight is 396 g/mol. The summed E-state index contributed by atoms with van der Waals surface area (Å²) in [6.45, 7) is 0. The van der Waals surface area contributed by atoms with Crippen molar-refractivity contribution in [3.8, 4) is 16.9 Å². The summed E-state index contributed by atoms with van der Waals surface area (Å²) < 4.78 is 15.4. The highest BCUT2D eigenvalue weighted by atomic mass is 79.9. The summed E-state index contributed by atoms with van der Waals surface area (Å²) in [7, 11) is 0. The maximum atomic E-state index is 13.3. The van der Waals surface area contributed by atoms with Gasteiger partial charge in [-0.3, -0.25) is 0 Å². The van der Waals surface area contributed by atoms with Crippen LogP contribution < -0.4 is 0 Å². The molecule has 0 spiro atoms. The van der Waals surface area contributed by atoms with Crippen LogP contribution in [0.2, 0.25) is 5.02 Å². The molecule has 23 heavy (non-hydrogen) atoms. The topological polar surface area (TPSA) is 55.1 Å². The summed E-state index contributed by atoms with van der Waals surface area (Å²) >= 11 is 9.11. The van der Waals surface area contributed by atoms with Crippen molar-refractivity contribution in [2.45, 2.75) is 0 Å². The normalized spacial score (nSPS) is 10.7. The Morgan fingerprint density at radius 2 is 1.87 bits per heavy atom. The fraction of sp³-hybridized carbons (Fsp3) is 0. The van der Waals surface area contributed by atoms with Crippen LogP contribution in [0.4, 0.5) is 4.39 Å². The molecular formula is C16H9BrClFN2O2.